The summed E-state index contributed by atoms with van der Waals surface area (Å²) in [6.45, 7) is 6.34. The molecule has 0 amide bonds. The first-order valence-corrected chi connectivity index (χ1v) is 6.24. The molecule has 6 heteroatoms. The molecule has 0 N–H and O–H groups in total. The summed E-state index contributed by atoms with van der Waals surface area (Å²) in [5.74, 6) is 1.64. The van der Waals surface area contributed by atoms with Crippen LogP contribution in [0.5, 0.6) is 0 Å². The summed E-state index contributed by atoms with van der Waals surface area (Å²) in [5, 5.41) is 4.20. The number of rotatable bonds is 6. The van der Waals surface area contributed by atoms with Crippen molar-refractivity contribution < 1.29 is 4.74 Å². The molecule has 2 aromatic heterocycles. The van der Waals surface area contributed by atoms with Gasteiger partial charge in [0.1, 0.15) is 12.1 Å². The summed E-state index contributed by atoms with van der Waals surface area (Å²) in [7, 11) is 2.02. The van der Waals surface area contributed by atoms with Crippen molar-refractivity contribution >= 4 is 11.6 Å². The van der Waals surface area contributed by atoms with Gasteiger partial charge >= 0.3 is 0 Å². The number of aromatic nitrogens is 4. The van der Waals surface area contributed by atoms with E-state index in [1.54, 1.807) is 4.52 Å². The van der Waals surface area contributed by atoms with Crippen molar-refractivity contribution in [3.8, 4) is 0 Å². The van der Waals surface area contributed by atoms with Crippen LogP contribution in [0.1, 0.15) is 19.5 Å². The Hall–Kier alpha value is -1.69. The molecular formula is C12H19N5O. The lowest BCUT2D eigenvalue weighted by molar-refractivity contribution is 0.154. The highest BCUT2D eigenvalue weighted by Crippen LogP contribution is 2.14. The Morgan fingerprint density at radius 2 is 2.22 bits per heavy atom. The third-order valence-corrected chi connectivity index (χ3v) is 2.81. The minimum absolute atomic E-state index is 0.646. The summed E-state index contributed by atoms with van der Waals surface area (Å²) in [6, 6.07) is 2.05. The van der Waals surface area contributed by atoms with Crippen LogP contribution < -0.4 is 4.90 Å². The SMILES string of the molecule is CCOCCN(C)c1cc(CC)nc2ncnn12. The zero-order valence-corrected chi connectivity index (χ0v) is 11.1. The van der Waals surface area contributed by atoms with Crippen LogP contribution in [0.3, 0.4) is 0 Å². The van der Waals surface area contributed by atoms with Gasteiger partial charge in [0.2, 0.25) is 0 Å². The van der Waals surface area contributed by atoms with Crippen LogP contribution in [0, 0.1) is 0 Å². The van der Waals surface area contributed by atoms with E-state index < -0.39 is 0 Å². The second-order valence-electron chi connectivity index (χ2n) is 4.05. The first kappa shape index (κ1) is 12.8. The van der Waals surface area contributed by atoms with Crippen LogP contribution in [0.4, 0.5) is 5.82 Å². The molecule has 2 rings (SSSR count). The third kappa shape index (κ3) is 2.59. The monoisotopic (exact) mass is 249 g/mol. The highest BCUT2D eigenvalue weighted by atomic mass is 16.5. The number of aryl methyl sites for hydroxylation is 1. The fourth-order valence-electron chi connectivity index (χ4n) is 1.76. The molecule has 0 radical (unpaired) electrons. The van der Waals surface area contributed by atoms with E-state index in [4.69, 9.17) is 4.74 Å². The molecule has 18 heavy (non-hydrogen) atoms. The lowest BCUT2D eigenvalue weighted by atomic mass is 10.3. The average molecular weight is 249 g/mol. The van der Waals surface area contributed by atoms with Gasteiger partial charge in [0.25, 0.3) is 5.78 Å². The Balaban J connectivity index is 2.27. The van der Waals surface area contributed by atoms with Crippen LogP contribution >= 0.6 is 0 Å². The maximum atomic E-state index is 5.37. The summed E-state index contributed by atoms with van der Waals surface area (Å²) < 4.78 is 7.13. The minimum Gasteiger partial charge on any atom is -0.380 e. The smallest absolute Gasteiger partial charge is 0.254 e. The molecule has 0 unspecified atom stereocenters. The lowest BCUT2D eigenvalue weighted by Crippen LogP contribution is -2.25. The van der Waals surface area contributed by atoms with Crippen molar-refractivity contribution in [3.05, 3.63) is 18.1 Å². The molecule has 0 saturated heterocycles. The largest absolute Gasteiger partial charge is 0.380 e. The van der Waals surface area contributed by atoms with Crippen molar-refractivity contribution in [3.63, 3.8) is 0 Å². The van der Waals surface area contributed by atoms with E-state index in [1.165, 1.54) is 6.33 Å². The predicted molar refractivity (Wildman–Crippen MR) is 69.9 cm³/mol. The van der Waals surface area contributed by atoms with E-state index in [2.05, 4.69) is 26.9 Å². The van der Waals surface area contributed by atoms with E-state index in [-0.39, 0.29) is 0 Å². The lowest BCUT2D eigenvalue weighted by Gasteiger charge is -2.20. The first-order chi connectivity index (χ1) is 8.76. The second kappa shape index (κ2) is 5.77. The molecule has 0 fully saturated rings. The zero-order chi connectivity index (χ0) is 13.0. The third-order valence-electron chi connectivity index (χ3n) is 2.81. The van der Waals surface area contributed by atoms with Gasteiger partial charge in [-0.3, -0.25) is 0 Å². The molecule has 0 aliphatic carbocycles. The van der Waals surface area contributed by atoms with Crippen LogP contribution in [0.25, 0.3) is 5.78 Å². The Morgan fingerprint density at radius 3 is 2.94 bits per heavy atom. The average Bonchev–Trinajstić information content (AvgIpc) is 2.85. The Morgan fingerprint density at radius 1 is 1.39 bits per heavy atom. The van der Waals surface area contributed by atoms with Crippen molar-refractivity contribution in [2.75, 3.05) is 31.7 Å². The molecule has 0 atom stereocenters. The molecule has 2 aromatic rings. The molecule has 0 aliphatic rings. The molecule has 0 bridgehead atoms. The van der Waals surface area contributed by atoms with Crippen molar-refractivity contribution in [1.29, 1.82) is 0 Å². The zero-order valence-electron chi connectivity index (χ0n) is 11.1. The normalized spacial score (nSPS) is 11.1. The summed E-state index contributed by atoms with van der Waals surface area (Å²) in [4.78, 5) is 10.7. The van der Waals surface area contributed by atoms with Gasteiger partial charge in [-0.05, 0) is 13.3 Å². The van der Waals surface area contributed by atoms with Gasteiger partial charge < -0.3 is 9.64 Å². The molecule has 6 nitrogen and oxygen atoms in total. The summed E-state index contributed by atoms with van der Waals surface area (Å²) >= 11 is 0. The van der Waals surface area contributed by atoms with E-state index in [0.717, 1.165) is 31.1 Å². The maximum Gasteiger partial charge on any atom is 0.254 e. The minimum atomic E-state index is 0.646. The molecule has 0 aliphatic heterocycles. The van der Waals surface area contributed by atoms with Crippen LogP contribution in [-0.2, 0) is 11.2 Å². The number of ether oxygens (including phenoxy) is 1. The second-order valence-corrected chi connectivity index (χ2v) is 4.05. The molecule has 0 spiro atoms. The van der Waals surface area contributed by atoms with Crippen molar-refractivity contribution in [1.82, 2.24) is 19.6 Å². The fourth-order valence-corrected chi connectivity index (χ4v) is 1.76. The number of fused-ring (bicyclic) bond motifs is 1. The highest BCUT2D eigenvalue weighted by molar-refractivity contribution is 5.46. The molecule has 98 valence electrons. The van der Waals surface area contributed by atoms with Gasteiger partial charge in [0, 0.05) is 32.0 Å². The Labute approximate surface area is 107 Å². The van der Waals surface area contributed by atoms with Gasteiger partial charge in [0.05, 0.1) is 6.61 Å². The standard InChI is InChI=1S/C12H19N5O/c1-4-10-8-11(16(3)6-7-18-5-2)17-12(15-10)13-9-14-17/h8-9H,4-7H2,1-3H3. The van der Waals surface area contributed by atoms with Crippen LogP contribution in [-0.4, -0.2) is 46.4 Å². The topological polar surface area (TPSA) is 55.5 Å². The van der Waals surface area contributed by atoms with Crippen LogP contribution in [0.15, 0.2) is 12.4 Å². The van der Waals surface area contributed by atoms with E-state index >= 15 is 0 Å². The Bertz CT molecular complexity index is 510. The summed E-state index contributed by atoms with van der Waals surface area (Å²) in [5.41, 5.74) is 1.02. The quantitative estimate of drug-likeness (QED) is 0.719. The van der Waals surface area contributed by atoms with E-state index in [0.29, 0.717) is 12.4 Å². The first-order valence-electron chi connectivity index (χ1n) is 6.24. The molecular weight excluding hydrogens is 230 g/mol. The summed E-state index contributed by atoms with van der Waals surface area (Å²) in [6.07, 6.45) is 2.41. The number of likely N-dealkylation sites (N-methyl/N-ethyl adjacent to an activating group) is 1. The van der Waals surface area contributed by atoms with Crippen molar-refractivity contribution in [2.24, 2.45) is 0 Å². The number of hydrogen-bond acceptors (Lipinski definition) is 5. The van der Waals surface area contributed by atoms with Crippen molar-refractivity contribution in [2.45, 2.75) is 20.3 Å². The van der Waals surface area contributed by atoms with E-state index in [1.807, 2.05) is 20.0 Å². The molecule has 0 saturated carbocycles. The molecule has 2 heterocycles. The van der Waals surface area contributed by atoms with Gasteiger partial charge in [0.15, 0.2) is 0 Å². The fraction of sp³-hybridized carbons (Fsp3) is 0.583. The van der Waals surface area contributed by atoms with Gasteiger partial charge in [-0.15, -0.1) is 0 Å². The number of anilines is 1. The predicted octanol–water partition coefficient (Wildman–Crippen LogP) is 1.16. The van der Waals surface area contributed by atoms with E-state index in [9.17, 15) is 0 Å². The van der Waals surface area contributed by atoms with Gasteiger partial charge in [-0.2, -0.15) is 14.6 Å². The van der Waals surface area contributed by atoms with Gasteiger partial charge in [-0.25, -0.2) is 4.98 Å². The van der Waals surface area contributed by atoms with Crippen LogP contribution in [0.2, 0.25) is 0 Å². The number of nitrogens with zero attached hydrogens (tertiary/aromatic N) is 5. The maximum absolute atomic E-state index is 5.37. The Kier molecular flexibility index (Phi) is 4.09. The van der Waals surface area contributed by atoms with Gasteiger partial charge in [-0.1, -0.05) is 6.92 Å². The molecule has 0 aromatic carbocycles. The number of hydrogen-bond donors (Lipinski definition) is 0. The highest BCUT2D eigenvalue weighted by Gasteiger charge is 2.10.